The van der Waals surface area contributed by atoms with Crippen molar-refractivity contribution < 1.29 is 0 Å². The standard InChI is InChI=1S/C16H27N3S2.HI/c1-15(2,13-7-6-9-20-13)11-18-14(17-5)19-8-10-21-16(3,4)12-19;/h6-7,9H,8,10-12H2,1-5H3,(H,17,18);1H. The van der Waals surface area contributed by atoms with Gasteiger partial charge in [-0.05, 0) is 25.3 Å². The highest BCUT2D eigenvalue weighted by atomic mass is 127. The van der Waals surface area contributed by atoms with Crippen molar-refractivity contribution in [3.05, 3.63) is 22.4 Å². The maximum absolute atomic E-state index is 4.49. The molecule has 126 valence electrons. The Bertz CT molecular complexity index is 484. The number of halogens is 1. The lowest BCUT2D eigenvalue weighted by atomic mass is 9.91. The molecule has 0 radical (unpaired) electrons. The summed E-state index contributed by atoms with van der Waals surface area (Å²) in [5.74, 6) is 2.20. The fourth-order valence-electron chi connectivity index (χ4n) is 2.58. The van der Waals surface area contributed by atoms with Gasteiger partial charge in [-0.2, -0.15) is 11.8 Å². The zero-order valence-corrected chi connectivity index (χ0v) is 18.1. The highest BCUT2D eigenvalue weighted by Crippen LogP contribution is 2.30. The molecule has 1 aromatic heterocycles. The molecule has 6 heteroatoms. The van der Waals surface area contributed by atoms with Gasteiger partial charge in [-0.15, -0.1) is 35.3 Å². The van der Waals surface area contributed by atoms with Gasteiger partial charge in [0.15, 0.2) is 5.96 Å². The van der Waals surface area contributed by atoms with E-state index in [0.29, 0.717) is 4.75 Å². The highest BCUT2D eigenvalue weighted by molar-refractivity contribution is 14.0. The quantitative estimate of drug-likeness (QED) is 0.425. The van der Waals surface area contributed by atoms with Gasteiger partial charge >= 0.3 is 0 Å². The lowest BCUT2D eigenvalue weighted by Crippen LogP contribution is -2.52. The molecule has 1 fully saturated rings. The van der Waals surface area contributed by atoms with Gasteiger partial charge in [0.25, 0.3) is 0 Å². The van der Waals surface area contributed by atoms with Gasteiger partial charge in [0.05, 0.1) is 0 Å². The summed E-state index contributed by atoms with van der Waals surface area (Å²) in [4.78, 5) is 8.29. The number of rotatable bonds is 3. The van der Waals surface area contributed by atoms with E-state index in [2.05, 4.69) is 72.2 Å². The van der Waals surface area contributed by atoms with Crippen molar-refractivity contribution in [3.8, 4) is 0 Å². The zero-order chi connectivity index (χ0) is 15.5. The second-order valence-electron chi connectivity index (χ2n) is 6.79. The molecule has 0 bridgehead atoms. The van der Waals surface area contributed by atoms with Crippen molar-refractivity contribution in [2.75, 3.05) is 32.4 Å². The molecule has 1 aliphatic rings. The minimum Gasteiger partial charge on any atom is -0.355 e. The van der Waals surface area contributed by atoms with Crippen molar-refractivity contribution in [1.29, 1.82) is 0 Å². The number of guanidine groups is 1. The monoisotopic (exact) mass is 453 g/mol. The molecular formula is C16H28IN3S2. The smallest absolute Gasteiger partial charge is 0.193 e. The van der Waals surface area contributed by atoms with Gasteiger partial charge in [0, 0.05) is 47.5 Å². The average Bonchev–Trinajstić information content (AvgIpc) is 2.93. The maximum atomic E-state index is 4.49. The minimum absolute atomic E-state index is 0. The molecule has 3 nitrogen and oxygen atoms in total. The molecule has 0 aromatic carbocycles. The van der Waals surface area contributed by atoms with Gasteiger partial charge in [-0.1, -0.05) is 19.9 Å². The molecule has 2 rings (SSSR count). The number of hydrogen-bond donors (Lipinski definition) is 1. The maximum Gasteiger partial charge on any atom is 0.193 e. The second-order valence-corrected chi connectivity index (χ2v) is 9.54. The third-order valence-electron chi connectivity index (χ3n) is 3.81. The van der Waals surface area contributed by atoms with Gasteiger partial charge in [0.2, 0.25) is 0 Å². The van der Waals surface area contributed by atoms with Crippen LogP contribution in [0.25, 0.3) is 0 Å². The van der Waals surface area contributed by atoms with Crippen LogP contribution in [0.4, 0.5) is 0 Å². The van der Waals surface area contributed by atoms with E-state index in [4.69, 9.17) is 0 Å². The Labute approximate surface area is 160 Å². The molecule has 0 aliphatic carbocycles. The first-order valence-corrected chi connectivity index (χ1v) is 9.34. The second kappa shape index (κ2) is 8.24. The summed E-state index contributed by atoms with van der Waals surface area (Å²) >= 11 is 3.88. The van der Waals surface area contributed by atoms with Crippen molar-refractivity contribution in [3.63, 3.8) is 0 Å². The zero-order valence-electron chi connectivity index (χ0n) is 14.2. The van der Waals surface area contributed by atoms with Gasteiger partial charge in [0.1, 0.15) is 0 Å². The Hall–Kier alpha value is 0.0500. The third kappa shape index (κ3) is 5.30. The number of hydrogen-bond acceptors (Lipinski definition) is 3. The van der Waals surface area contributed by atoms with E-state index in [-0.39, 0.29) is 29.4 Å². The summed E-state index contributed by atoms with van der Waals surface area (Å²) < 4.78 is 0.305. The Morgan fingerprint density at radius 3 is 2.73 bits per heavy atom. The van der Waals surface area contributed by atoms with Crippen LogP contribution >= 0.6 is 47.1 Å². The van der Waals surface area contributed by atoms with Crippen LogP contribution in [0.15, 0.2) is 22.5 Å². The van der Waals surface area contributed by atoms with Crippen LogP contribution in [0.1, 0.15) is 32.6 Å². The summed E-state index contributed by atoms with van der Waals surface area (Å²) in [7, 11) is 1.88. The van der Waals surface area contributed by atoms with E-state index in [1.807, 2.05) is 18.4 Å². The molecule has 1 N–H and O–H groups in total. The summed E-state index contributed by atoms with van der Waals surface area (Å²) in [6.45, 7) is 12.2. The summed E-state index contributed by atoms with van der Waals surface area (Å²) in [5.41, 5.74) is 0.129. The van der Waals surface area contributed by atoms with E-state index in [0.717, 1.165) is 25.6 Å². The highest BCUT2D eigenvalue weighted by Gasteiger charge is 2.29. The number of nitrogens with zero attached hydrogens (tertiary/aromatic N) is 2. The topological polar surface area (TPSA) is 27.6 Å². The van der Waals surface area contributed by atoms with Crippen molar-refractivity contribution in [2.24, 2.45) is 4.99 Å². The molecule has 0 amide bonds. The van der Waals surface area contributed by atoms with Crippen molar-refractivity contribution in [2.45, 2.75) is 37.9 Å². The fraction of sp³-hybridized carbons (Fsp3) is 0.688. The molecule has 1 aliphatic heterocycles. The number of thiophene rings is 1. The molecule has 2 heterocycles. The van der Waals surface area contributed by atoms with Crippen molar-refractivity contribution in [1.82, 2.24) is 10.2 Å². The van der Waals surface area contributed by atoms with Gasteiger partial charge < -0.3 is 10.2 Å². The van der Waals surface area contributed by atoms with Crippen LogP contribution in [-0.4, -0.2) is 48.0 Å². The first kappa shape index (κ1) is 20.1. The summed E-state index contributed by atoms with van der Waals surface area (Å²) in [6.07, 6.45) is 0. The first-order chi connectivity index (χ1) is 9.84. The average molecular weight is 453 g/mol. The van der Waals surface area contributed by atoms with E-state index >= 15 is 0 Å². The Morgan fingerprint density at radius 1 is 1.45 bits per heavy atom. The molecule has 0 saturated carbocycles. The molecule has 0 unspecified atom stereocenters. The lowest BCUT2D eigenvalue weighted by molar-refractivity contribution is 0.370. The van der Waals surface area contributed by atoms with Crippen LogP contribution in [0.2, 0.25) is 0 Å². The van der Waals surface area contributed by atoms with Crippen LogP contribution in [0.3, 0.4) is 0 Å². The van der Waals surface area contributed by atoms with E-state index in [9.17, 15) is 0 Å². The molecular weight excluding hydrogens is 425 g/mol. The molecule has 1 aromatic rings. The van der Waals surface area contributed by atoms with E-state index < -0.39 is 0 Å². The van der Waals surface area contributed by atoms with Crippen LogP contribution < -0.4 is 5.32 Å². The Morgan fingerprint density at radius 2 is 2.18 bits per heavy atom. The molecule has 1 saturated heterocycles. The molecule has 22 heavy (non-hydrogen) atoms. The largest absolute Gasteiger partial charge is 0.355 e. The normalized spacial score (nSPS) is 18.8. The van der Waals surface area contributed by atoms with Gasteiger partial charge in [-0.3, -0.25) is 4.99 Å². The van der Waals surface area contributed by atoms with Crippen LogP contribution in [-0.2, 0) is 5.41 Å². The SMILES string of the molecule is CN=C(NCC(C)(C)c1cccs1)N1CCSC(C)(C)C1.I. The minimum atomic E-state index is 0. The summed E-state index contributed by atoms with van der Waals surface area (Å²) in [6, 6.07) is 4.34. The van der Waals surface area contributed by atoms with E-state index in [1.165, 1.54) is 10.6 Å². The Balaban J connectivity index is 0.00000242. The number of nitrogens with one attached hydrogen (secondary N) is 1. The van der Waals surface area contributed by atoms with Gasteiger partial charge in [-0.25, -0.2) is 0 Å². The number of aliphatic imine (C=N–C) groups is 1. The molecule has 0 spiro atoms. The third-order valence-corrected chi connectivity index (χ3v) is 6.35. The van der Waals surface area contributed by atoms with Crippen molar-refractivity contribution >= 4 is 53.0 Å². The van der Waals surface area contributed by atoms with Crippen LogP contribution in [0, 0.1) is 0 Å². The molecule has 0 atom stereocenters. The summed E-state index contributed by atoms with van der Waals surface area (Å²) in [5, 5.41) is 5.73. The Kier molecular flexibility index (Phi) is 7.52. The van der Waals surface area contributed by atoms with E-state index in [1.54, 1.807) is 0 Å². The van der Waals surface area contributed by atoms with Crippen LogP contribution in [0.5, 0.6) is 0 Å². The predicted molar refractivity (Wildman–Crippen MR) is 112 cm³/mol. The fourth-order valence-corrected chi connectivity index (χ4v) is 4.54. The predicted octanol–water partition coefficient (Wildman–Crippen LogP) is 4.05. The number of thioether (sulfide) groups is 1. The lowest BCUT2D eigenvalue weighted by Gasteiger charge is -2.39. The first-order valence-electron chi connectivity index (χ1n) is 7.48.